The molecule has 2 heterocycles. The van der Waals surface area contributed by atoms with Gasteiger partial charge in [-0.15, -0.1) is 0 Å². The van der Waals surface area contributed by atoms with E-state index in [1.165, 1.54) is 12.8 Å². The second kappa shape index (κ2) is 5.25. The van der Waals surface area contributed by atoms with Crippen molar-refractivity contribution in [3.05, 3.63) is 33.8 Å². The SMILES string of the molecule is CN1C2CCC1CC(C(O)c1cc(Cl)ccc1Cl)C2. The number of rotatable bonds is 2. The molecular weight excluding hydrogens is 281 g/mol. The Morgan fingerprint density at radius 2 is 1.84 bits per heavy atom. The average molecular weight is 300 g/mol. The molecule has 19 heavy (non-hydrogen) atoms. The van der Waals surface area contributed by atoms with Crippen molar-refractivity contribution in [2.24, 2.45) is 5.92 Å². The van der Waals surface area contributed by atoms with Crippen LogP contribution in [0.5, 0.6) is 0 Å². The maximum absolute atomic E-state index is 10.6. The van der Waals surface area contributed by atoms with Crippen LogP contribution in [0, 0.1) is 5.92 Å². The van der Waals surface area contributed by atoms with E-state index in [1.54, 1.807) is 18.2 Å². The number of aliphatic hydroxyl groups is 1. The molecule has 2 fully saturated rings. The van der Waals surface area contributed by atoms with E-state index in [9.17, 15) is 5.11 Å². The third-order valence-electron chi connectivity index (χ3n) is 4.86. The van der Waals surface area contributed by atoms with Crippen LogP contribution >= 0.6 is 23.2 Å². The largest absolute Gasteiger partial charge is 0.388 e. The lowest BCUT2D eigenvalue weighted by Crippen LogP contribution is -2.41. The van der Waals surface area contributed by atoms with Gasteiger partial charge in [-0.3, -0.25) is 0 Å². The Morgan fingerprint density at radius 1 is 1.21 bits per heavy atom. The third kappa shape index (κ3) is 2.52. The first kappa shape index (κ1) is 13.7. The molecule has 3 atom stereocenters. The molecule has 2 bridgehead atoms. The maximum Gasteiger partial charge on any atom is 0.0834 e. The average Bonchev–Trinajstić information content (AvgIpc) is 2.64. The van der Waals surface area contributed by atoms with Crippen LogP contribution in [-0.2, 0) is 0 Å². The number of nitrogens with zero attached hydrogens (tertiary/aromatic N) is 1. The zero-order valence-corrected chi connectivity index (χ0v) is 12.5. The van der Waals surface area contributed by atoms with Gasteiger partial charge < -0.3 is 10.0 Å². The minimum absolute atomic E-state index is 0.296. The Kier molecular flexibility index (Phi) is 3.78. The molecule has 0 aliphatic carbocycles. The van der Waals surface area contributed by atoms with Gasteiger partial charge in [-0.25, -0.2) is 0 Å². The number of hydrogen-bond acceptors (Lipinski definition) is 2. The predicted molar refractivity (Wildman–Crippen MR) is 78.7 cm³/mol. The van der Waals surface area contributed by atoms with Crippen molar-refractivity contribution in [3.8, 4) is 0 Å². The van der Waals surface area contributed by atoms with Crippen molar-refractivity contribution < 1.29 is 5.11 Å². The van der Waals surface area contributed by atoms with E-state index >= 15 is 0 Å². The van der Waals surface area contributed by atoms with Gasteiger partial charge >= 0.3 is 0 Å². The number of aliphatic hydroxyl groups excluding tert-OH is 1. The van der Waals surface area contributed by atoms with E-state index < -0.39 is 6.10 Å². The summed E-state index contributed by atoms with van der Waals surface area (Å²) in [7, 11) is 2.21. The number of benzene rings is 1. The summed E-state index contributed by atoms with van der Waals surface area (Å²) in [5.74, 6) is 0.296. The molecule has 2 nitrogen and oxygen atoms in total. The molecule has 3 unspecified atom stereocenters. The van der Waals surface area contributed by atoms with Crippen LogP contribution in [0.4, 0.5) is 0 Å². The molecule has 4 heteroatoms. The Bertz CT molecular complexity index is 465. The fourth-order valence-electron chi connectivity index (χ4n) is 3.71. The summed E-state index contributed by atoms with van der Waals surface area (Å²) in [6.07, 6.45) is 4.12. The summed E-state index contributed by atoms with van der Waals surface area (Å²) < 4.78 is 0. The van der Waals surface area contributed by atoms with Gasteiger partial charge in [-0.2, -0.15) is 0 Å². The Morgan fingerprint density at radius 3 is 2.47 bits per heavy atom. The van der Waals surface area contributed by atoms with Gasteiger partial charge in [-0.05, 0) is 56.8 Å². The number of fused-ring (bicyclic) bond motifs is 2. The first-order chi connectivity index (χ1) is 9.06. The molecule has 1 N–H and O–H groups in total. The molecule has 0 saturated carbocycles. The van der Waals surface area contributed by atoms with E-state index in [0.29, 0.717) is 28.0 Å². The summed E-state index contributed by atoms with van der Waals surface area (Å²) in [5, 5.41) is 11.9. The van der Waals surface area contributed by atoms with Crippen molar-refractivity contribution >= 4 is 23.2 Å². The zero-order valence-electron chi connectivity index (χ0n) is 11.0. The Balaban J connectivity index is 1.81. The van der Waals surface area contributed by atoms with E-state index in [2.05, 4.69) is 11.9 Å². The third-order valence-corrected chi connectivity index (χ3v) is 5.44. The van der Waals surface area contributed by atoms with Crippen LogP contribution in [0.25, 0.3) is 0 Å². The molecule has 3 rings (SSSR count). The molecule has 104 valence electrons. The quantitative estimate of drug-likeness (QED) is 0.895. The summed E-state index contributed by atoms with van der Waals surface area (Å²) in [5.41, 5.74) is 0.781. The minimum Gasteiger partial charge on any atom is -0.388 e. The molecular formula is C15H19Cl2NO. The fraction of sp³-hybridized carbons (Fsp3) is 0.600. The second-order valence-electron chi connectivity index (χ2n) is 5.89. The van der Waals surface area contributed by atoms with Crippen molar-refractivity contribution in [2.45, 2.75) is 43.9 Å². The molecule has 0 aromatic heterocycles. The summed E-state index contributed by atoms with van der Waals surface area (Å²) in [6, 6.07) is 6.58. The number of halogens is 2. The van der Waals surface area contributed by atoms with Crippen LogP contribution in [0.15, 0.2) is 18.2 Å². The topological polar surface area (TPSA) is 23.5 Å². The Labute approximate surface area is 124 Å². The van der Waals surface area contributed by atoms with E-state index in [1.807, 2.05) is 0 Å². The number of piperidine rings is 1. The molecule has 1 aromatic rings. The molecule has 2 aliphatic heterocycles. The van der Waals surface area contributed by atoms with Crippen molar-refractivity contribution in [1.82, 2.24) is 4.90 Å². The summed E-state index contributed by atoms with van der Waals surface area (Å²) in [6.45, 7) is 0. The van der Waals surface area contributed by atoms with Crippen molar-refractivity contribution in [1.29, 1.82) is 0 Å². The Hall–Kier alpha value is -0.280. The fourth-order valence-corrected chi connectivity index (χ4v) is 4.12. The van der Waals surface area contributed by atoms with Crippen molar-refractivity contribution in [2.75, 3.05) is 7.05 Å². The van der Waals surface area contributed by atoms with Crippen LogP contribution in [0.1, 0.15) is 37.4 Å². The lowest BCUT2D eigenvalue weighted by Gasteiger charge is -2.38. The van der Waals surface area contributed by atoms with Gasteiger partial charge in [0.25, 0.3) is 0 Å². The molecule has 1 aromatic carbocycles. The van der Waals surface area contributed by atoms with Crippen LogP contribution in [0.2, 0.25) is 10.0 Å². The van der Waals surface area contributed by atoms with Crippen LogP contribution in [0.3, 0.4) is 0 Å². The minimum atomic E-state index is -0.497. The lowest BCUT2D eigenvalue weighted by atomic mass is 9.84. The highest BCUT2D eigenvalue weighted by Crippen LogP contribution is 2.43. The first-order valence-electron chi connectivity index (χ1n) is 6.91. The molecule has 0 amide bonds. The van der Waals surface area contributed by atoms with Gasteiger partial charge in [0.2, 0.25) is 0 Å². The van der Waals surface area contributed by atoms with E-state index in [4.69, 9.17) is 23.2 Å². The van der Waals surface area contributed by atoms with Gasteiger partial charge in [0.15, 0.2) is 0 Å². The predicted octanol–water partition coefficient (Wildman–Crippen LogP) is 3.90. The molecule has 0 radical (unpaired) electrons. The number of hydrogen-bond donors (Lipinski definition) is 1. The summed E-state index contributed by atoms with van der Waals surface area (Å²) >= 11 is 12.2. The van der Waals surface area contributed by atoms with Gasteiger partial charge in [0.1, 0.15) is 0 Å². The molecule has 2 saturated heterocycles. The smallest absolute Gasteiger partial charge is 0.0834 e. The standard InChI is InChI=1S/C15H19Cl2NO/c1-18-11-3-4-12(18)7-9(6-11)15(19)13-8-10(16)2-5-14(13)17/h2,5,8-9,11-12,15,19H,3-4,6-7H2,1H3. The maximum atomic E-state index is 10.6. The monoisotopic (exact) mass is 299 g/mol. The highest BCUT2D eigenvalue weighted by atomic mass is 35.5. The van der Waals surface area contributed by atoms with Crippen LogP contribution < -0.4 is 0 Å². The van der Waals surface area contributed by atoms with E-state index in [-0.39, 0.29) is 0 Å². The highest BCUT2D eigenvalue weighted by molar-refractivity contribution is 6.33. The zero-order chi connectivity index (χ0) is 13.6. The summed E-state index contributed by atoms with van der Waals surface area (Å²) in [4.78, 5) is 2.47. The normalized spacial score (nSPS) is 32.5. The van der Waals surface area contributed by atoms with E-state index in [0.717, 1.165) is 18.4 Å². The lowest BCUT2D eigenvalue weighted by molar-refractivity contribution is 0.0357. The van der Waals surface area contributed by atoms with Gasteiger partial charge in [0.05, 0.1) is 6.10 Å². The van der Waals surface area contributed by atoms with Crippen LogP contribution in [-0.4, -0.2) is 29.1 Å². The highest BCUT2D eigenvalue weighted by Gasteiger charge is 2.41. The van der Waals surface area contributed by atoms with Gasteiger partial charge in [-0.1, -0.05) is 23.2 Å². The van der Waals surface area contributed by atoms with Crippen molar-refractivity contribution in [3.63, 3.8) is 0 Å². The second-order valence-corrected chi connectivity index (χ2v) is 6.74. The first-order valence-corrected chi connectivity index (χ1v) is 7.67. The van der Waals surface area contributed by atoms with Gasteiger partial charge in [0, 0.05) is 27.7 Å². The molecule has 0 spiro atoms. The molecule has 2 aliphatic rings.